The van der Waals surface area contributed by atoms with Crippen LogP contribution in [-0.4, -0.2) is 11.1 Å². The molecule has 0 heterocycles. The van der Waals surface area contributed by atoms with Crippen molar-refractivity contribution in [3.05, 3.63) is 34.4 Å². The van der Waals surface area contributed by atoms with Gasteiger partial charge in [0, 0.05) is 5.88 Å². The number of hydrogen-bond acceptors (Lipinski definition) is 1. The topological polar surface area (TPSA) is 37.3 Å². The lowest BCUT2D eigenvalue weighted by Crippen LogP contribution is -2.04. The van der Waals surface area contributed by atoms with Gasteiger partial charge in [-0.15, -0.1) is 11.6 Å². The van der Waals surface area contributed by atoms with Gasteiger partial charge in [0.2, 0.25) is 0 Å². The number of carbonyl (C=O) groups is 1. The summed E-state index contributed by atoms with van der Waals surface area (Å²) < 4.78 is 0. The van der Waals surface area contributed by atoms with Crippen LogP contribution in [0.4, 0.5) is 0 Å². The average molecular weight is 199 g/mol. The van der Waals surface area contributed by atoms with Gasteiger partial charge in [0.25, 0.3) is 0 Å². The smallest absolute Gasteiger partial charge is 0.336 e. The highest BCUT2D eigenvalue weighted by atomic mass is 35.5. The van der Waals surface area contributed by atoms with Crippen molar-refractivity contribution in [2.24, 2.45) is 0 Å². The molecule has 0 aliphatic rings. The number of halogens is 1. The van der Waals surface area contributed by atoms with E-state index in [1.807, 2.05) is 19.1 Å². The third-order valence-corrected chi connectivity index (χ3v) is 2.21. The first-order chi connectivity index (χ1) is 6.06. The molecule has 0 spiro atoms. The minimum atomic E-state index is -0.909. The number of aromatic carboxylic acids is 1. The molecule has 0 bridgehead atoms. The highest BCUT2D eigenvalue weighted by Gasteiger charge is 2.12. The summed E-state index contributed by atoms with van der Waals surface area (Å²) in [6, 6.07) is 3.66. The van der Waals surface area contributed by atoms with E-state index in [-0.39, 0.29) is 5.88 Å². The van der Waals surface area contributed by atoms with E-state index in [2.05, 4.69) is 0 Å². The van der Waals surface area contributed by atoms with Crippen molar-refractivity contribution in [2.75, 3.05) is 0 Å². The van der Waals surface area contributed by atoms with Crippen molar-refractivity contribution in [2.45, 2.75) is 19.7 Å². The Balaban J connectivity index is 3.38. The van der Waals surface area contributed by atoms with E-state index in [0.29, 0.717) is 11.1 Å². The van der Waals surface area contributed by atoms with E-state index in [1.165, 1.54) is 0 Å². The van der Waals surface area contributed by atoms with Crippen LogP contribution < -0.4 is 0 Å². The summed E-state index contributed by atoms with van der Waals surface area (Å²) >= 11 is 5.66. The second-order valence-electron chi connectivity index (χ2n) is 3.05. The Morgan fingerprint density at radius 1 is 1.46 bits per heavy atom. The van der Waals surface area contributed by atoms with Crippen molar-refractivity contribution in [3.63, 3.8) is 0 Å². The fraction of sp³-hybridized carbons (Fsp3) is 0.300. The Morgan fingerprint density at radius 3 is 2.54 bits per heavy atom. The monoisotopic (exact) mass is 198 g/mol. The molecule has 70 valence electrons. The fourth-order valence-corrected chi connectivity index (χ4v) is 1.68. The molecule has 0 radical (unpaired) electrons. The molecule has 1 aromatic carbocycles. The van der Waals surface area contributed by atoms with Crippen LogP contribution in [0, 0.1) is 13.8 Å². The van der Waals surface area contributed by atoms with E-state index in [9.17, 15) is 4.79 Å². The van der Waals surface area contributed by atoms with Crippen molar-refractivity contribution in [1.29, 1.82) is 0 Å². The minimum Gasteiger partial charge on any atom is -0.478 e. The summed E-state index contributed by atoms with van der Waals surface area (Å²) in [6.07, 6.45) is 0. The molecule has 0 unspecified atom stereocenters. The molecule has 0 aliphatic heterocycles. The second-order valence-corrected chi connectivity index (χ2v) is 3.32. The van der Waals surface area contributed by atoms with Crippen LogP contribution in [0.15, 0.2) is 12.1 Å². The van der Waals surface area contributed by atoms with Crippen LogP contribution in [0.1, 0.15) is 27.0 Å². The number of aryl methyl sites for hydroxylation is 2. The molecule has 0 amide bonds. The number of hydrogen-bond donors (Lipinski definition) is 1. The maximum absolute atomic E-state index is 10.9. The van der Waals surface area contributed by atoms with Gasteiger partial charge in [-0.1, -0.05) is 17.7 Å². The fourth-order valence-electron chi connectivity index (χ4n) is 1.47. The summed E-state index contributed by atoms with van der Waals surface area (Å²) in [5.41, 5.74) is 2.83. The Labute approximate surface area is 82.2 Å². The second kappa shape index (κ2) is 3.79. The Kier molecular flexibility index (Phi) is 2.94. The van der Waals surface area contributed by atoms with Crippen molar-refractivity contribution >= 4 is 17.6 Å². The molecule has 1 rings (SSSR count). The quantitative estimate of drug-likeness (QED) is 0.742. The zero-order valence-electron chi connectivity index (χ0n) is 7.60. The van der Waals surface area contributed by atoms with Gasteiger partial charge in [0.1, 0.15) is 0 Å². The molecule has 0 fully saturated rings. The first kappa shape index (κ1) is 10.1. The Morgan fingerprint density at radius 2 is 2.08 bits per heavy atom. The van der Waals surface area contributed by atoms with Crippen molar-refractivity contribution < 1.29 is 9.90 Å². The molecular weight excluding hydrogens is 188 g/mol. The van der Waals surface area contributed by atoms with Crippen molar-refractivity contribution in [3.8, 4) is 0 Å². The Hall–Kier alpha value is -1.02. The number of benzene rings is 1. The maximum atomic E-state index is 10.9. The number of carboxylic acids is 1. The summed E-state index contributed by atoms with van der Waals surface area (Å²) in [7, 11) is 0. The molecule has 1 aromatic rings. The molecule has 2 nitrogen and oxygen atoms in total. The highest BCUT2D eigenvalue weighted by molar-refractivity contribution is 6.17. The lowest BCUT2D eigenvalue weighted by molar-refractivity contribution is 0.0695. The van der Waals surface area contributed by atoms with E-state index in [1.54, 1.807) is 6.92 Å². The average Bonchev–Trinajstić information content (AvgIpc) is 2.01. The van der Waals surface area contributed by atoms with E-state index in [4.69, 9.17) is 16.7 Å². The van der Waals surface area contributed by atoms with Gasteiger partial charge in [-0.2, -0.15) is 0 Å². The highest BCUT2D eigenvalue weighted by Crippen LogP contribution is 2.18. The van der Waals surface area contributed by atoms with Crippen LogP contribution >= 0.6 is 11.6 Å². The minimum absolute atomic E-state index is 0.240. The van der Waals surface area contributed by atoms with Gasteiger partial charge in [-0.3, -0.25) is 0 Å². The van der Waals surface area contributed by atoms with Gasteiger partial charge in [-0.05, 0) is 25.0 Å². The van der Waals surface area contributed by atoms with Gasteiger partial charge >= 0.3 is 5.97 Å². The lowest BCUT2D eigenvalue weighted by Gasteiger charge is -2.07. The summed E-state index contributed by atoms with van der Waals surface area (Å²) in [6.45, 7) is 3.71. The summed E-state index contributed by atoms with van der Waals surface area (Å²) in [4.78, 5) is 10.9. The molecule has 1 N–H and O–H groups in total. The van der Waals surface area contributed by atoms with Gasteiger partial charge < -0.3 is 5.11 Å². The third-order valence-electron chi connectivity index (χ3n) is 1.92. The van der Waals surface area contributed by atoms with Crippen LogP contribution in [0.3, 0.4) is 0 Å². The zero-order chi connectivity index (χ0) is 10.0. The first-order valence-electron chi connectivity index (χ1n) is 3.95. The lowest BCUT2D eigenvalue weighted by atomic mass is 10.00. The molecular formula is C10H11ClO2. The van der Waals surface area contributed by atoms with Crippen molar-refractivity contribution in [1.82, 2.24) is 0 Å². The zero-order valence-corrected chi connectivity index (χ0v) is 8.35. The molecule has 13 heavy (non-hydrogen) atoms. The van der Waals surface area contributed by atoms with E-state index in [0.717, 1.165) is 11.1 Å². The summed E-state index contributed by atoms with van der Waals surface area (Å²) in [5, 5.41) is 8.91. The number of alkyl halides is 1. The van der Waals surface area contributed by atoms with Crippen LogP contribution in [0.5, 0.6) is 0 Å². The maximum Gasteiger partial charge on any atom is 0.336 e. The number of carboxylic acid groups (broad SMARTS) is 1. The third kappa shape index (κ3) is 2.01. The standard InChI is InChI=1S/C10H11ClO2/c1-6-3-7(2)9(10(12)13)8(4-6)5-11/h3-4H,5H2,1-2H3,(H,12,13). The summed E-state index contributed by atoms with van der Waals surface area (Å²) in [5.74, 6) is -0.669. The Bertz CT molecular complexity index is 345. The number of rotatable bonds is 2. The molecule has 0 saturated heterocycles. The predicted octanol–water partition coefficient (Wildman–Crippen LogP) is 2.74. The van der Waals surface area contributed by atoms with Gasteiger partial charge in [0.05, 0.1) is 5.56 Å². The normalized spacial score (nSPS) is 10.1. The molecule has 0 saturated carbocycles. The van der Waals surface area contributed by atoms with Gasteiger partial charge in [0.15, 0.2) is 0 Å². The van der Waals surface area contributed by atoms with Crippen LogP contribution in [0.2, 0.25) is 0 Å². The molecule has 0 aliphatic carbocycles. The molecule has 3 heteroatoms. The van der Waals surface area contributed by atoms with Crippen LogP contribution in [0.25, 0.3) is 0 Å². The van der Waals surface area contributed by atoms with Crippen LogP contribution in [-0.2, 0) is 5.88 Å². The van der Waals surface area contributed by atoms with Gasteiger partial charge in [-0.25, -0.2) is 4.79 Å². The first-order valence-corrected chi connectivity index (χ1v) is 4.49. The van der Waals surface area contributed by atoms with E-state index < -0.39 is 5.97 Å². The molecule has 0 aromatic heterocycles. The predicted molar refractivity (Wildman–Crippen MR) is 52.4 cm³/mol. The largest absolute Gasteiger partial charge is 0.478 e. The molecule has 0 atom stereocenters. The SMILES string of the molecule is Cc1cc(C)c(C(=O)O)c(CCl)c1. The van der Waals surface area contributed by atoms with E-state index >= 15 is 0 Å².